The zero-order valence-corrected chi connectivity index (χ0v) is 16.3. The molecule has 7 heteroatoms. The van der Waals surface area contributed by atoms with Crippen molar-refractivity contribution in [1.29, 1.82) is 0 Å². The molecule has 1 aliphatic carbocycles. The SMILES string of the molecule is CCOC(=O)c1c(NC(=O)CCN2CCOCC2)sc2c1CCCCC2. The summed E-state index contributed by atoms with van der Waals surface area (Å²) in [6.07, 6.45) is 5.70. The van der Waals surface area contributed by atoms with Gasteiger partial charge in [0.05, 0.1) is 25.4 Å². The molecule has 0 spiro atoms. The molecule has 26 heavy (non-hydrogen) atoms. The number of rotatable bonds is 6. The van der Waals surface area contributed by atoms with E-state index in [2.05, 4.69) is 10.2 Å². The summed E-state index contributed by atoms with van der Waals surface area (Å²) >= 11 is 1.55. The predicted octanol–water partition coefficient (Wildman–Crippen LogP) is 2.85. The molecule has 0 radical (unpaired) electrons. The Bertz CT molecular complexity index is 638. The van der Waals surface area contributed by atoms with Gasteiger partial charge in [0.15, 0.2) is 0 Å². The van der Waals surface area contributed by atoms with Crippen molar-refractivity contribution in [2.45, 2.75) is 45.4 Å². The Hall–Kier alpha value is -1.44. The van der Waals surface area contributed by atoms with E-state index in [1.807, 2.05) is 6.92 Å². The fourth-order valence-corrected chi connectivity index (χ4v) is 4.82. The second-order valence-electron chi connectivity index (χ2n) is 6.74. The highest BCUT2D eigenvalue weighted by atomic mass is 32.1. The Kier molecular flexibility index (Phi) is 7.05. The largest absolute Gasteiger partial charge is 0.462 e. The molecular formula is C19H28N2O4S. The molecule has 2 heterocycles. The topological polar surface area (TPSA) is 67.9 Å². The lowest BCUT2D eigenvalue weighted by molar-refractivity contribution is -0.116. The van der Waals surface area contributed by atoms with Crippen LogP contribution in [-0.2, 0) is 27.1 Å². The number of esters is 1. The monoisotopic (exact) mass is 380 g/mol. The highest BCUT2D eigenvalue weighted by Crippen LogP contribution is 2.38. The Morgan fingerprint density at radius 3 is 2.73 bits per heavy atom. The minimum Gasteiger partial charge on any atom is -0.462 e. The summed E-state index contributed by atoms with van der Waals surface area (Å²) in [6, 6.07) is 0. The maximum absolute atomic E-state index is 12.5. The summed E-state index contributed by atoms with van der Waals surface area (Å²) in [5, 5.41) is 3.66. The van der Waals surface area contributed by atoms with Gasteiger partial charge in [0.2, 0.25) is 5.91 Å². The molecule has 1 saturated heterocycles. The molecule has 1 N–H and O–H groups in total. The molecule has 1 aromatic rings. The van der Waals surface area contributed by atoms with Crippen LogP contribution < -0.4 is 5.32 Å². The highest BCUT2D eigenvalue weighted by molar-refractivity contribution is 7.17. The number of aryl methyl sites for hydroxylation is 1. The molecule has 0 saturated carbocycles. The first kappa shape index (κ1) is 19.3. The van der Waals surface area contributed by atoms with E-state index in [4.69, 9.17) is 9.47 Å². The summed E-state index contributed by atoms with van der Waals surface area (Å²) < 4.78 is 10.6. The van der Waals surface area contributed by atoms with Crippen molar-refractivity contribution in [3.63, 3.8) is 0 Å². The third kappa shape index (κ3) is 4.84. The molecule has 0 atom stereocenters. The number of thiophene rings is 1. The van der Waals surface area contributed by atoms with Gasteiger partial charge >= 0.3 is 5.97 Å². The molecule has 3 rings (SSSR count). The van der Waals surface area contributed by atoms with Crippen LogP contribution in [0.3, 0.4) is 0 Å². The number of ether oxygens (including phenoxy) is 2. The summed E-state index contributed by atoms with van der Waals surface area (Å²) in [5.41, 5.74) is 1.68. The van der Waals surface area contributed by atoms with Gasteiger partial charge in [0.1, 0.15) is 5.00 Å². The molecule has 1 aliphatic heterocycles. The van der Waals surface area contributed by atoms with Crippen molar-refractivity contribution in [2.75, 3.05) is 44.8 Å². The minimum atomic E-state index is -0.310. The van der Waals surface area contributed by atoms with Gasteiger partial charge in [-0.05, 0) is 38.2 Å². The smallest absolute Gasteiger partial charge is 0.341 e. The van der Waals surface area contributed by atoms with Gasteiger partial charge in [0, 0.05) is 30.9 Å². The second-order valence-corrected chi connectivity index (χ2v) is 7.85. The number of nitrogens with zero attached hydrogens (tertiary/aromatic N) is 1. The Morgan fingerprint density at radius 2 is 1.96 bits per heavy atom. The first-order chi connectivity index (χ1) is 12.7. The average molecular weight is 381 g/mol. The van der Waals surface area contributed by atoms with Crippen molar-refractivity contribution in [2.24, 2.45) is 0 Å². The van der Waals surface area contributed by atoms with Crippen LogP contribution in [0.15, 0.2) is 0 Å². The molecule has 144 valence electrons. The van der Waals surface area contributed by atoms with E-state index >= 15 is 0 Å². The number of nitrogens with one attached hydrogen (secondary N) is 1. The van der Waals surface area contributed by atoms with Crippen molar-refractivity contribution in [1.82, 2.24) is 4.90 Å². The van der Waals surface area contributed by atoms with E-state index in [1.54, 1.807) is 11.3 Å². The van der Waals surface area contributed by atoms with E-state index in [0.29, 0.717) is 23.6 Å². The molecule has 1 aromatic heterocycles. The van der Waals surface area contributed by atoms with Gasteiger partial charge in [-0.3, -0.25) is 9.69 Å². The van der Waals surface area contributed by atoms with Crippen molar-refractivity contribution >= 4 is 28.2 Å². The number of fused-ring (bicyclic) bond motifs is 1. The number of anilines is 1. The van der Waals surface area contributed by atoms with Crippen molar-refractivity contribution in [3.05, 3.63) is 16.0 Å². The van der Waals surface area contributed by atoms with E-state index in [9.17, 15) is 9.59 Å². The first-order valence-electron chi connectivity index (χ1n) is 9.60. The lowest BCUT2D eigenvalue weighted by Gasteiger charge is -2.26. The number of hydrogen-bond acceptors (Lipinski definition) is 6. The van der Waals surface area contributed by atoms with Crippen LogP contribution in [0.25, 0.3) is 0 Å². The number of morpholine rings is 1. The summed E-state index contributed by atoms with van der Waals surface area (Å²) in [4.78, 5) is 28.4. The van der Waals surface area contributed by atoms with Gasteiger partial charge in [-0.15, -0.1) is 11.3 Å². The van der Waals surface area contributed by atoms with E-state index in [0.717, 1.165) is 64.1 Å². The molecule has 1 amide bonds. The zero-order valence-electron chi connectivity index (χ0n) is 15.5. The maximum Gasteiger partial charge on any atom is 0.341 e. The van der Waals surface area contributed by atoms with Gasteiger partial charge in [-0.25, -0.2) is 4.79 Å². The fraction of sp³-hybridized carbons (Fsp3) is 0.684. The number of amides is 1. The normalized spacial score (nSPS) is 18.0. The number of hydrogen-bond donors (Lipinski definition) is 1. The van der Waals surface area contributed by atoms with Gasteiger partial charge in [0.25, 0.3) is 0 Å². The third-order valence-corrected chi connectivity index (χ3v) is 6.12. The number of carbonyl (C=O) groups excluding carboxylic acids is 2. The number of carbonyl (C=O) groups is 2. The lowest BCUT2D eigenvalue weighted by Crippen LogP contribution is -2.38. The average Bonchev–Trinajstić information content (AvgIpc) is 2.82. The second kappa shape index (κ2) is 9.48. The quantitative estimate of drug-likeness (QED) is 0.607. The Labute approximate surface area is 158 Å². The standard InChI is InChI=1S/C19H28N2O4S/c1-2-25-19(23)17-14-6-4-3-5-7-15(14)26-18(17)20-16(22)8-9-21-10-12-24-13-11-21/h2-13H2,1H3,(H,20,22). The molecule has 2 aliphatic rings. The minimum absolute atomic E-state index is 0.0431. The molecule has 0 aromatic carbocycles. The molecular weight excluding hydrogens is 352 g/mol. The van der Waals surface area contributed by atoms with Gasteiger partial charge in [-0.1, -0.05) is 6.42 Å². The predicted molar refractivity (Wildman–Crippen MR) is 102 cm³/mol. The van der Waals surface area contributed by atoms with Crippen molar-refractivity contribution < 1.29 is 19.1 Å². The van der Waals surface area contributed by atoms with E-state index in [-0.39, 0.29) is 11.9 Å². The van der Waals surface area contributed by atoms with E-state index in [1.165, 1.54) is 11.3 Å². The van der Waals surface area contributed by atoms with Crippen LogP contribution in [0.4, 0.5) is 5.00 Å². The zero-order chi connectivity index (χ0) is 18.4. The van der Waals surface area contributed by atoms with Crippen LogP contribution in [-0.4, -0.2) is 56.2 Å². The summed E-state index contributed by atoms with van der Waals surface area (Å²) in [7, 11) is 0. The van der Waals surface area contributed by atoms with Crippen LogP contribution >= 0.6 is 11.3 Å². The first-order valence-corrected chi connectivity index (χ1v) is 10.4. The van der Waals surface area contributed by atoms with Gasteiger partial charge in [-0.2, -0.15) is 0 Å². The van der Waals surface area contributed by atoms with E-state index < -0.39 is 0 Å². The van der Waals surface area contributed by atoms with Crippen LogP contribution in [0, 0.1) is 0 Å². The lowest BCUT2D eigenvalue weighted by atomic mass is 10.1. The van der Waals surface area contributed by atoms with Crippen LogP contribution in [0.1, 0.15) is 53.4 Å². The Balaban J connectivity index is 1.69. The Morgan fingerprint density at radius 1 is 1.19 bits per heavy atom. The molecule has 0 unspecified atom stereocenters. The molecule has 6 nitrogen and oxygen atoms in total. The molecule has 1 fully saturated rings. The third-order valence-electron chi connectivity index (χ3n) is 4.91. The van der Waals surface area contributed by atoms with Crippen molar-refractivity contribution in [3.8, 4) is 0 Å². The van der Waals surface area contributed by atoms with Crippen LogP contribution in [0.5, 0.6) is 0 Å². The summed E-state index contributed by atoms with van der Waals surface area (Å²) in [6.45, 7) is 6.06. The fourth-order valence-electron chi connectivity index (χ4n) is 3.52. The highest BCUT2D eigenvalue weighted by Gasteiger charge is 2.26. The van der Waals surface area contributed by atoms with Crippen LogP contribution in [0.2, 0.25) is 0 Å². The molecule has 0 bridgehead atoms. The van der Waals surface area contributed by atoms with Gasteiger partial charge < -0.3 is 14.8 Å². The summed E-state index contributed by atoms with van der Waals surface area (Å²) in [5.74, 6) is -0.353. The maximum atomic E-state index is 12.5.